The van der Waals surface area contributed by atoms with E-state index < -0.39 is 46.0 Å². The minimum Gasteiger partial charge on any atom is -0.493 e. The van der Waals surface area contributed by atoms with E-state index in [1.807, 2.05) is 0 Å². The van der Waals surface area contributed by atoms with Crippen LogP contribution in [0.4, 0.5) is 0 Å². The van der Waals surface area contributed by atoms with Crippen LogP contribution in [0.1, 0.15) is 29.8 Å². The molecule has 0 unspecified atom stereocenters. The molecule has 1 N–H and O–H groups in total. The number of aryl methyl sites for hydroxylation is 1. The van der Waals surface area contributed by atoms with Gasteiger partial charge < -0.3 is 5.11 Å². The Hall–Kier alpha value is -1.91. The maximum Gasteiger partial charge on any atom is 0.220 e. The lowest BCUT2D eigenvalue weighted by molar-refractivity contribution is 0.103. The van der Waals surface area contributed by atoms with Gasteiger partial charge in [0.1, 0.15) is 10.5 Å². The fourth-order valence-electron chi connectivity index (χ4n) is 2.36. The SMILES string of the molecule is CCn1ncc(C(=O)c2ccc(S(C)(=O)=O)c(S(=O)(=O)CC)c2Cl)c1O. The average molecular weight is 421 g/mol. The molecule has 0 radical (unpaired) electrons. The average Bonchev–Trinajstić information content (AvgIpc) is 2.93. The summed E-state index contributed by atoms with van der Waals surface area (Å²) in [7, 11) is -7.94. The molecular weight excluding hydrogens is 404 g/mol. The zero-order valence-electron chi connectivity index (χ0n) is 14.2. The molecule has 2 rings (SSSR count). The Bertz CT molecular complexity index is 1090. The predicted octanol–water partition coefficient (Wildman–Crippen LogP) is 1.69. The van der Waals surface area contributed by atoms with Gasteiger partial charge in [0, 0.05) is 18.4 Å². The molecule has 2 aromatic rings. The van der Waals surface area contributed by atoms with Gasteiger partial charge in [0.15, 0.2) is 19.7 Å². The molecule has 1 aromatic carbocycles. The van der Waals surface area contributed by atoms with E-state index in [0.717, 1.165) is 24.6 Å². The van der Waals surface area contributed by atoms with Gasteiger partial charge in [-0.15, -0.1) is 0 Å². The highest BCUT2D eigenvalue weighted by atomic mass is 35.5. The van der Waals surface area contributed by atoms with Crippen molar-refractivity contribution in [1.29, 1.82) is 0 Å². The topological polar surface area (TPSA) is 123 Å². The van der Waals surface area contributed by atoms with Crippen LogP contribution in [0.3, 0.4) is 0 Å². The number of hydrogen-bond acceptors (Lipinski definition) is 7. The Morgan fingerprint density at radius 2 is 1.81 bits per heavy atom. The number of rotatable bonds is 6. The second-order valence-electron chi connectivity index (χ2n) is 5.46. The molecule has 0 bridgehead atoms. The van der Waals surface area contributed by atoms with Crippen molar-refractivity contribution < 1.29 is 26.7 Å². The number of halogens is 1. The predicted molar refractivity (Wildman–Crippen MR) is 95.3 cm³/mol. The standard InChI is InChI=1S/C15H17ClN2O6S2/c1-4-18-15(20)10(8-17-18)13(19)9-6-7-11(25(3,21)22)14(12(9)16)26(23,24)5-2/h6-8,20H,4-5H2,1-3H3. The molecule has 0 aliphatic carbocycles. The van der Waals surface area contributed by atoms with Crippen molar-refractivity contribution in [3.8, 4) is 5.88 Å². The molecule has 0 atom stereocenters. The lowest BCUT2D eigenvalue weighted by Gasteiger charge is -2.13. The molecule has 0 amide bonds. The summed E-state index contributed by atoms with van der Waals surface area (Å²) in [6.45, 7) is 3.36. The van der Waals surface area contributed by atoms with Gasteiger partial charge in [0.2, 0.25) is 11.7 Å². The summed E-state index contributed by atoms with van der Waals surface area (Å²) in [4.78, 5) is 11.6. The van der Waals surface area contributed by atoms with Crippen LogP contribution in [-0.4, -0.2) is 49.5 Å². The summed E-state index contributed by atoms with van der Waals surface area (Å²) in [5.41, 5.74) is -0.405. The Labute approximate surface area is 156 Å². The summed E-state index contributed by atoms with van der Waals surface area (Å²) in [6, 6.07) is 2.15. The number of hydrogen-bond donors (Lipinski definition) is 1. The fourth-order valence-corrected chi connectivity index (χ4v) is 5.65. The van der Waals surface area contributed by atoms with Crippen LogP contribution in [0.15, 0.2) is 28.1 Å². The van der Waals surface area contributed by atoms with Gasteiger partial charge in [-0.3, -0.25) is 4.79 Å². The Balaban J connectivity index is 2.78. The van der Waals surface area contributed by atoms with Crippen LogP contribution in [0.25, 0.3) is 0 Å². The van der Waals surface area contributed by atoms with Crippen LogP contribution < -0.4 is 0 Å². The van der Waals surface area contributed by atoms with E-state index in [-0.39, 0.29) is 17.0 Å². The van der Waals surface area contributed by atoms with E-state index in [4.69, 9.17) is 11.6 Å². The summed E-state index contributed by atoms with van der Waals surface area (Å²) in [6.07, 6.45) is 1.99. The highest BCUT2D eigenvalue weighted by molar-refractivity contribution is 7.94. The lowest BCUT2D eigenvalue weighted by atomic mass is 10.1. The van der Waals surface area contributed by atoms with Crippen molar-refractivity contribution in [2.75, 3.05) is 12.0 Å². The first-order chi connectivity index (χ1) is 12.0. The van der Waals surface area contributed by atoms with E-state index in [9.17, 15) is 26.7 Å². The van der Waals surface area contributed by atoms with Gasteiger partial charge in [-0.05, 0) is 19.1 Å². The van der Waals surface area contributed by atoms with Crippen molar-refractivity contribution in [3.05, 3.63) is 34.5 Å². The first-order valence-electron chi connectivity index (χ1n) is 7.50. The maximum atomic E-state index is 12.7. The molecule has 0 saturated heterocycles. The van der Waals surface area contributed by atoms with Gasteiger partial charge in [0.05, 0.1) is 21.9 Å². The molecule has 8 nitrogen and oxygen atoms in total. The number of nitrogens with zero attached hydrogens (tertiary/aromatic N) is 2. The van der Waals surface area contributed by atoms with Crippen LogP contribution in [0.5, 0.6) is 5.88 Å². The van der Waals surface area contributed by atoms with E-state index in [2.05, 4.69) is 5.10 Å². The van der Waals surface area contributed by atoms with E-state index in [1.165, 1.54) is 11.6 Å². The summed E-state index contributed by atoms with van der Waals surface area (Å²) in [5.74, 6) is -1.55. The molecule has 142 valence electrons. The Kier molecular flexibility index (Phi) is 5.50. The minimum atomic E-state index is -4.04. The molecular formula is C15H17ClN2O6S2. The summed E-state index contributed by atoms with van der Waals surface area (Å²) in [5, 5.41) is 13.4. The normalized spacial score (nSPS) is 12.3. The number of sulfone groups is 2. The second kappa shape index (κ2) is 7.01. The van der Waals surface area contributed by atoms with Crippen molar-refractivity contribution in [1.82, 2.24) is 9.78 Å². The smallest absolute Gasteiger partial charge is 0.220 e. The molecule has 26 heavy (non-hydrogen) atoms. The number of ketones is 1. The van der Waals surface area contributed by atoms with Gasteiger partial charge in [0.25, 0.3) is 0 Å². The first kappa shape index (κ1) is 20.4. The third kappa shape index (κ3) is 3.49. The molecule has 1 heterocycles. The van der Waals surface area contributed by atoms with Crippen LogP contribution in [0.2, 0.25) is 5.02 Å². The van der Waals surface area contributed by atoms with Crippen LogP contribution in [0, 0.1) is 0 Å². The molecule has 0 spiro atoms. The van der Waals surface area contributed by atoms with Gasteiger partial charge in [-0.25, -0.2) is 21.5 Å². The first-order valence-corrected chi connectivity index (χ1v) is 11.4. The highest BCUT2D eigenvalue weighted by Gasteiger charge is 2.30. The van der Waals surface area contributed by atoms with Crippen LogP contribution in [-0.2, 0) is 26.2 Å². The second-order valence-corrected chi connectivity index (χ2v) is 10.0. The zero-order chi connectivity index (χ0) is 19.9. The number of carbonyl (C=O) groups is 1. The van der Waals surface area contributed by atoms with Crippen molar-refractivity contribution in [2.24, 2.45) is 0 Å². The van der Waals surface area contributed by atoms with Crippen molar-refractivity contribution in [3.63, 3.8) is 0 Å². The lowest BCUT2D eigenvalue weighted by Crippen LogP contribution is -2.14. The molecule has 1 aromatic heterocycles. The number of benzene rings is 1. The summed E-state index contributed by atoms with van der Waals surface area (Å²) < 4.78 is 49.9. The third-order valence-corrected chi connectivity index (χ3v) is 7.33. The van der Waals surface area contributed by atoms with E-state index in [1.54, 1.807) is 6.92 Å². The Morgan fingerprint density at radius 3 is 2.27 bits per heavy atom. The quantitative estimate of drug-likeness (QED) is 0.705. The van der Waals surface area contributed by atoms with Crippen molar-refractivity contribution >= 4 is 37.1 Å². The molecule has 0 aliphatic heterocycles. The fraction of sp³-hybridized carbons (Fsp3) is 0.333. The number of aromatic nitrogens is 2. The molecule has 0 aliphatic rings. The van der Waals surface area contributed by atoms with Gasteiger partial charge >= 0.3 is 0 Å². The van der Waals surface area contributed by atoms with Gasteiger partial charge in [-0.1, -0.05) is 18.5 Å². The van der Waals surface area contributed by atoms with E-state index in [0.29, 0.717) is 6.54 Å². The number of carbonyl (C=O) groups excluding carboxylic acids is 1. The zero-order valence-corrected chi connectivity index (χ0v) is 16.6. The van der Waals surface area contributed by atoms with Gasteiger partial charge in [-0.2, -0.15) is 5.10 Å². The highest BCUT2D eigenvalue weighted by Crippen LogP contribution is 2.34. The van der Waals surface area contributed by atoms with Crippen molar-refractivity contribution in [2.45, 2.75) is 30.2 Å². The maximum absolute atomic E-state index is 12.7. The summed E-state index contributed by atoms with van der Waals surface area (Å²) >= 11 is 6.15. The minimum absolute atomic E-state index is 0.166. The largest absolute Gasteiger partial charge is 0.493 e. The molecule has 0 fully saturated rings. The monoisotopic (exact) mass is 420 g/mol. The third-order valence-electron chi connectivity index (χ3n) is 3.75. The molecule has 0 saturated carbocycles. The molecule has 11 heteroatoms. The Morgan fingerprint density at radius 1 is 1.19 bits per heavy atom. The van der Waals surface area contributed by atoms with E-state index >= 15 is 0 Å². The number of aromatic hydroxyl groups is 1. The van der Waals surface area contributed by atoms with Crippen LogP contribution >= 0.6 is 11.6 Å².